The molecule has 5 rings (SSSR count). The van der Waals surface area contributed by atoms with Crippen molar-refractivity contribution < 1.29 is 0 Å². The molecule has 0 spiro atoms. The third kappa shape index (κ3) is 3.58. The van der Waals surface area contributed by atoms with Gasteiger partial charge in [0.25, 0.3) is 0 Å². The monoisotopic (exact) mass is 385 g/mol. The Bertz CT molecular complexity index is 1150. The predicted molar refractivity (Wildman–Crippen MR) is 119 cm³/mol. The Kier molecular flexibility index (Phi) is 4.47. The van der Waals surface area contributed by atoms with Crippen molar-refractivity contribution in [2.45, 2.75) is 26.8 Å². The van der Waals surface area contributed by atoms with Gasteiger partial charge in [0.1, 0.15) is 11.5 Å². The number of nitrogens with one attached hydrogen (secondary N) is 1. The van der Waals surface area contributed by atoms with Crippen LogP contribution >= 0.6 is 0 Å². The number of likely N-dealkylation sites (tertiary alicyclic amines) is 1. The number of piperidine rings is 1. The molecule has 1 aromatic carbocycles. The van der Waals surface area contributed by atoms with Gasteiger partial charge in [0.2, 0.25) is 0 Å². The number of fused-ring (bicyclic) bond motifs is 3. The van der Waals surface area contributed by atoms with Gasteiger partial charge in [-0.2, -0.15) is 0 Å². The number of nitrogens with zero attached hydrogens (tertiary/aromatic N) is 3. The van der Waals surface area contributed by atoms with E-state index in [-0.39, 0.29) is 0 Å². The standard InChI is InChI=1S/C24H27N5/c1-15-7-16(2)13-29(12-15)14-17-3-5-18(6-4-17)19-8-21-20-9-23(25)26-11-22(20)28-24(21)27-10-19/h3-6,8-11,15-16H,7,12-14H2,1-2H3,(H2,25,26)(H,27,28)/t15-,16+. The molecule has 0 amide bonds. The molecule has 1 aliphatic rings. The number of hydrogen-bond acceptors (Lipinski definition) is 4. The summed E-state index contributed by atoms with van der Waals surface area (Å²) in [6.07, 6.45) is 5.04. The highest BCUT2D eigenvalue weighted by atomic mass is 15.1. The maximum Gasteiger partial charge on any atom is 0.138 e. The summed E-state index contributed by atoms with van der Waals surface area (Å²) in [5.41, 5.74) is 11.4. The largest absolute Gasteiger partial charge is 0.384 e. The second kappa shape index (κ2) is 7.16. The average molecular weight is 386 g/mol. The van der Waals surface area contributed by atoms with Crippen LogP contribution in [0, 0.1) is 11.8 Å². The fourth-order valence-corrected chi connectivity index (χ4v) is 4.83. The van der Waals surface area contributed by atoms with Crippen LogP contribution in [0.25, 0.3) is 33.1 Å². The van der Waals surface area contributed by atoms with Crippen molar-refractivity contribution in [3.05, 3.63) is 54.4 Å². The molecule has 1 saturated heterocycles. The molecular weight excluding hydrogens is 358 g/mol. The average Bonchev–Trinajstić information content (AvgIpc) is 3.05. The first kappa shape index (κ1) is 18.1. The van der Waals surface area contributed by atoms with E-state index < -0.39 is 0 Å². The number of anilines is 1. The summed E-state index contributed by atoms with van der Waals surface area (Å²) in [5.74, 6) is 2.10. The molecule has 0 radical (unpaired) electrons. The Balaban J connectivity index is 1.41. The molecule has 1 fully saturated rings. The number of nitrogens with two attached hydrogens (primary N) is 1. The molecule has 29 heavy (non-hydrogen) atoms. The SMILES string of the molecule is C[C@@H]1C[C@H](C)CN(Cc2ccc(-c3cnc4[nH]c5cnc(N)cc5c4c3)cc2)C1. The first-order valence-electron chi connectivity index (χ1n) is 10.4. The van der Waals surface area contributed by atoms with Crippen molar-refractivity contribution >= 4 is 27.8 Å². The van der Waals surface area contributed by atoms with Gasteiger partial charge in [-0.3, -0.25) is 4.90 Å². The number of rotatable bonds is 3. The van der Waals surface area contributed by atoms with E-state index in [0.29, 0.717) is 5.82 Å². The minimum atomic E-state index is 0.523. The second-order valence-electron chi connectivity index (χ2n) is 8.74. The molecule has 3 aromatic heterocycles. The maximum atomic E-state index is 5.88. The van der Waals surface area contributed by atoms with E-state index in [1.54, 1.807) is 6.20 Å². The number of hydrogen-bond donors (Lipinski definition) is 2. The van der Waals surface area contributed by atoms with Gasteiger partial charge in [0, 0.05) is 42.2 Å². The zero-order valence-corrected chi connectivity index (χ0v) is 17.0. The number of benzene rings is 1. The first-order chi connectivity index (χ1) is 14.0. The molecule has 5 nitrogen and oxygen atoms in total. The summed E-state index contributed by atoms with van der Waals surface area (Å²) in [6, 6.07) is 13.0. The van der Waals surface area contributed by atoms with Gasteiger partial charge >= 0.3 is 0 Å². The molecule has 0 unspecified atom stereocenters. The van der Waals surface area contributed by atoms with Crippen molar-refractivity contribution in [2.75, 3.05) is 18.8 Å². The van der Waals surface area contributed by atoms with Crippen molar-refractivity contribution in [3.63, 3.8) is 0 Å². The lowest BCUT2D eigenvalue weighted by atomic mass is 9.91. The van der Waals surface area contributed by atoms with E-state index in [1.807, 2.05) is 12.3 Å². The summed E-state index contributed by atoms with van der Waals surface area (Å²) in [7, 11) is 0. The topological polar surface area (TPSA) is 70.8 Å². The number of aromatic amines is 1. The zero-order valence-electron chi connectivity index (χ0n) is 17.0. The Morgan fingerprint density at radius 1 is 0.966 bits per heavy atom. The van der Waals surface area contributed by atoms with E-state index in [1.165, 1.54) is 30.6 Å². The fraction of sp³-hybridized carbons (Fsp3) is 0.333. The molecule has 0 saturated carbocycles. The Morgan fingerprint density at radius 2 is 1.72 bits per heavy atom. The van der Waals surface area contributed by atoms with Gasteiger partial charge in [-0.05, 0) is 41.5 Å². The van der Waals surface area contributed by atoms with E-state index in [2.05, 4.69) is 64.0 Å². The van der Waals surface area contributed by atoms with E-state index in [9.17, 15) is 0 Å². The third-order valence-electron chi connectivity index (χ3n) is 5.99. The zero-order chi connectivity index (χ0) is 20.0. The summed E-state index contributed by atoms with van der Waals surface area (Å²) in [6.45, 7) is 8.16. The minimum absolute atomic E-state index is 0.523. The maximum absolute atomic E-state index is 5.88. The van der Waals surface area contributed by atoms with Crippen LogP contribution in [-0.4, -0.2) is 32.9 Å². The quantitative estimate of drug-likeness (QED) is 0.529. The number of nitrogen functional groups attached to an aromatic ring is 1. The van der Waals surface area contributed by atoms with Crippen LogP contribution in [0.3, 0.4) is 0 Å². The van der Waals surface area contributed by atoms with Crippen LogP contribution in [0.5, 0.6) is 0 Å². The Labute approximate surface area is 171 Å². The lowest BCUT2D eigenvalue weighted by molar-refractivity contribution is 0.134. The van der Waals surface area contributed by atoms with Gasteiger partial charge < -0.3 is 10.7 Å². The molecule has 5 heteroatoms. The fourth-order valence-electron chi connectivity index (χ4n) is 4.83. The summed E-state index contributed by atoms with van der Waals surface area (Å²) in [5, 5.41) is 2.14. The molecule has 4 aromatic rings. The van der Waals surface area contributed by atoms with Crippen LogP contribution in [0.4, 0.5) is 5.82 Å². The highest BCUT2D eigenvalue weighted by molar-refractivity contribution is 6.07. The van der Waals surface area contributed by atoms with Crippen molar-refractivity contribution in [3.8, 4) is 11.1 Å². The van der Waals surface area contributed by atoms with Crippen LogP contribution in [0.2, 0.25) is 0 Å². The molecule has 1 aliphatic heterocycles. The van der Waals surface area contributed by atoms with Crippen LogP contribution in [0.15, 0.2) is 48.8 Å². The Hall–Kier alpha value is -2.92. The highest BCUT2D eigenvalue weighted by Gasteiger charge is 2.21. The summed E-state index contributed by atoms with van der Waals surface area (Å²) < 4.78 is 0. The van der Waals surface area contributed by atoms with E-state index >= 15 is 0 Å². The van der Waals surface area contributed by atoms with E-state index in [0.717, 1.165) is 45.9 Å². The lowest BCUT2D eigenvalue weighted by Crippen LogP contribution is -2.38. The number of aromatic nitrogens is 3. The van der Waals surface area contributed by atoms with Crippen LogP contribution < -0.4 is 5.73 Å². The number of H-pyrrole nitrogens is 1. The Morgan fingerprint density at radius 3 is 2.48 bits per heavy atom. The van der Waals surface area contributed by atoms with E-state index in [4.69, 9.17) is 5.73 Å². The van der Waals surface area contributed by atoms with Crippen molar-refractivity contribution in [1.82, 2.24) is 19.9 Å². The van der Waals surface area contributed by atoms with Crippen LogP contribution in [-0.2, 0) is 6.54 Å². The van der Waals surface area contributed by atoms with Crippen LogP contribution in [0.1, 0.15) is 25.8 Å². The first-order valence-corrected chi connectivity index (χ1v) is 10.4. The number of pyridine rings is 2. The molecule has 4 heterocycles. The lowest BCUT2D eigenvalue weighted by Gasteiger charge is -2.35. The van der Waals surface area contributed by atoms with Gasteiger partial charge in [-0.25, -0.2) is 9.97 Å². The minimum Gasteiger partial charge on any atom is -0.384 e. The van der Waals surface area contributed by atoms with Gasteiger partial charge in [-0.1, -0.05) is 38.1 Å². The second-order valence-corrected chi connectivity index (χ2v) is 8.74. The molecule has 148 valence electrons. The highest BCUT2D eigenvalue weighted by Crippen LogP contribution is 2.29. The third-order valence-corrected chi connectivity index (χ3v) is 5.99. The smallest absolute Gasteiger partial charge is 0.138 e. The van der Waals surface area contributed by atoms with Gasteiger partial charge in [-0.15, -0.1) is 0 Å². The van der Waals surface area contributed by atoms with Crippen molar-refractivity contribution in [1.29, 1.82) is 0 Å². The van der Waals surface area contributed by atoms with Crippen molar-refractivity contribution in [2.24, 2.45) is 11.8 Å². The normalized spacial score (nSPS) is 20.5. The molecule has 2 atom stereocenters. The molecule has 0 bridgehead atoms. The predicted octanol–water partition coefficient (Wildman–Crippen LogP) is 4.84. The van der Waals surface area contributed by atoms with Gasteiger partial charge in [0.15, 0.2) is 0 Å². The summed E-state index contributed by atoms with van der Waals surface area (Å²) >= 11 is 0. The van der Waals surface area contributed by atoms with Gasteiger partial charge in [0.05, 0.1) is 11.7 Å². The molecular formula is C24H27N5. The summed E-state index contributed by atoms with van der Waals surface area (Å²) in [4.78, 5) is 14.7. The molecule has 3 N–H and O–H groups in total. The molecule has 0 aliphatic carbocycles.